The van der Waals surface area contributed by atoms with E-state index in [1.165, 1.54) is 28.3 Å². The van der Waals surface area contributed by atoms with Gasteiger partial charge in [0, 0.05) is 45.4 Å². The molecular formula is C37H43Cl3N6O7S. The summed E-state index contributed by atoms with van der Waals surface area (Å²) in [5.74, 6) is -1.41. The minimum atomic E-state index is -0.752. The number of rotatable bonds is 13. The van der Waals surface area contributed by atoms with Crippen LogP contribution >= 0.6 is 46.6 Å². The van der Waals surface area contributed by atoms with Crippen molar-refractivity contribution in [2.45, 2.75) is 29.6 Å². The molecule has 0 fully saturated rings. The molecular weight excluding hydrogens is 779 g/mol. The Bertz CT molecular complexity index is 1730. The number of alkyl halides is 2. The fourth-order valence-electron chi connectivity index (χ4n) is 5.20. The molecule has 0 aromatic heterocycles. The van der Waals surface area contributed by atoms with Gasteiger partial charge < -0.3 is 35.9 Å². The highest BCUT2D eigenvalue weighted by Gasteiger charge is 2.39. The molecule has 0 aliphatic carbocycles. The van der Waals surface area contributed by atoms with E-state index in [9.17, 15) is 19.3 Å². The van der Waals surface area contributed by atoms with Crippen molar-refractivity contribution in [1.82, 2.24) is 15.6 Å². The van der Waals surface area contributed by atoms with Crippen LogP contribution in [0.4, 0.5) is 16.2 Å². The molecule has 5 N–H and O–H groups in total. The summed E-state index contributed by atoms with van der Waals surface area (Å²) in [5.41, 5.74) is 10.1. The molecule has 290 valence electrons. The lowest BCUT2D eigenvalue weighted by Gasteiger charge is -2.31. The number of nitrogens with zero attached hydrogens (tertiary/aromatic N) is 2. The number of fused-ring (bicyclic) bond motifs is 2. The first-order valence-corrected chi connectivity index (χ1v) is 19.0. The third-order valence-electron chi connectivity index (χ3n) is 7.53. The van der Waals surface area contributed by atoms with Crippen LogP contribution in [-0.4, -0.2) is 81.3 Å². The second kappa shape index (κ2) is 23.5. The molecule has 2 amide bonds. The summed E-state index contributed by atoms with van der Waals surface area (Å²) in [6.07, 6.45) is 0. The molecule has 0 saturated heterocycles. The number of allylic oxidation sites excluding steroid dienone is 1. The molecule has 1 unspecified atom stereocenters. The maximum atomic E-state index is 12.9. The second-order valence-corrected chi connectivity index (χ2v) is 13.3. The van der Waals surface area contributed by atoms with Gasteiger partial charge in [-0.2, -0.15) is 5.01 Å². The average molecular weight is 822 g/mol. The number of ether oxygens (including phenoxy) is 3. The number of hydrogen-bond donors (Lipinski definition) is 4. The highest BCUT2D eigenvalue weighted by molar-refractivity contribution is 7.99. The quantitative estimate of drug-likeness (QED) is 0.0350. The van der Waals surface area contributed by atoms with Crippen molar-refractivity contribution in [3.8, 4) is 0 Å². The van der Waals surface area contributed by atoms with E-state index in [4.69, 9.17) is 54.7 Å². The first-order valence-electron chi connectivity index (χ1n) is 16.8. The number of urea groups is 1. The predicted molar refractivity (Wildman–Crippen MR) is 213 cm³/mol. The molecule has 0 saturated carbocycles. The topological polar surface area (TPSA) is 174 Å². The summed E-state index contributed by atoms with van der Waals surface area (Å²) in [4.78, 5) is 49.0. The van der Waals surface area contributed by atoms with Gasteiger partial charge in [0.15, 0.2) is 0 Å². The average Bonchev–Trinajstić information content (AvgIpc) is 3.18. The Balaban J connectivity index is 0.000000249. The van der Waals surface area contributed by atoms with Gasteiger partial charge in [-0.05, 0) is 49.7 Å². The van der Waals surface area contributed by atoms with Gasteiger partial charge in [0.1, 0.15) is 0 Å². The molecule has 17 heteroatoms. The Hall–Kier alpha value is -4.31. The van der Waals surface area contributed by atoms with E-state index in [1.54, 1.807) is 38.1 Å². The van der Waals surface area contributed by atoms with Gasteiger partial charge in [-0.25, -0.2) is 14.4 Å². The van der Waals surface area contributed by atoms with Crippen LogP contribution in [0.1, 0.15) is 25.3 Å². The van der Waals surface area contributed by atoms with Crippen molar-refractivity contribution in [1.29, 1.82) is 0 Å². The third-order valence-corrected chi connectivity index (χ3v) is 9.39. The van der Waals surface area contributed by atoms with Crippen molar-refractivity contribution in [3.05, 3.63) is 111 Å². The van der Waals surface area contributed by atoms with E-state index >= 15 is 0 Å². The minimum absolute atomic E-state index is 0.0964. The van der Waals surface area contributed by atoms with E-state index in [1.807, 2.05) is 11.8 Å². The van der Waals surface area contributed by atoms with Crippen LogP contribution in [0.15, 0.2) is 110 Å². The number of hydrogen-bond acceptors (Lipinski definition) is 12. The van der Waals surface area contributed by atoms with Crippen LogP contribution in [-0.2, 0) is 23.8 Å². The fourth-order valence-corrected chi connectivity index (χ4v) is 6.69. The number of nitroso groups, excluding NO2 is 1. The number of nitrogens with two attached hydrogens (primary N) is 1. The number of nitrogens with one attached hydrogen (secondary N) is 3. The van der Waals surface area contributed by atoms with Crippen LogP contribution in [0, 0.1) is 4.91 Å². The molecule has 5 rings (SSSR count). The van der Waals surface area contributed by atoms with Crippen molar-refractivity contribution in [2.24, 2.45) is 11.0 Å². The summed E-state index contributed by atoms with van der Waals surface area (Å²) in [6, 6.07) is 23.2. The molecule has 0 radical (unpaired) electrons. The summed E-state index contributed by atoms with van der Waals surface area (Å²) in [6.45, 7) is 4.81. The Kier molecular flexibility index (Phi) is 19.2. The van der Waals surface area contributed by atoms with E-state index in [0.29, 0.717) is 58.1 Å². The normalized spacial score (nSPS) is 13.9. The number of carbonyl (C=O) groups is 3. The Morgan fingerprint density at radius 2 is 1.56 bits per heavy atom. The smallest absolute Gasteiger partial charge is 0.340 e. The van der Waals surface area contributed by atoms with Gasteiger partial charge in [-0.1, -0.05) is 65.8 Å². The lowest BCUT2D eigenvalue weighted by Crippen LogP contribution is -2.38. The second-order valence-electron chi connectivity index (χ2n) is 11.1. The van der Waals surface area contributed by atoms with Crippen LogP contribution in [0.25, 0.3) is 0 Å². The van der Waals surface area contributed by atoms with E-state index in [2.05, 4.69) is 69.8 Å². The van der Waals surface area contributed by atoms with Crippen molar-refractivity contribution >= 4 is 75.9 Å². The van der Waals surface area contributed by atoms with Crippen molar-refractivity contribution in [3.63, 3.8) is 0 Å². The molecule has 3 aromatic carbocycles. The molecule has 2 aliphatic heterocycles. The van der Waals surface area contributed by atoms with Gasteiger partial charge >= 0.3 is 18.0 Å². The third kappa shape index (κ3) is 12.4. The monoisotopic (exact) mass is 820 g/mol. The number of halogens is 3. The van der Waals surface area contributed by atoms with Gasteiger partial charge in [0.25, 0.3) is 0 Å². The maximum absolute atomic E-state index is 12.9. The summed E-state index contributed by atoms with van der Waals surface area (Å²) < 4.78 is 15.8. The van der Waals surface area contributed by atoms with E-state index < -0.39 is 23.9 Å². The Morgan fingerprint density at radius 3 is 2.11 bits per heavy atom. The van der Waals surface area contributed by atoms with Crippen LogP contribution in [0.3, 0.4) is 0 Å². The predicted octanol–water partition coefficient (Wildman–Crippen LogP) is 7.32. The number of amides is 2. The number of dihydropyridines is 1. The molecule has 3 aromatic rings. The number of benzene rings is 3. The van der Waals surface area contributed by atoms with Gasteiger partial charge in [-0.3, -0.25) is 0 Å². The number of anilines is 2. The lowest BCUT2D eigenvalue weighted by atomic mass is 9.80. The first kappa shape index (κ1) is 44.1. The molecule has 2 aliphatic rings. The zero-order chi connectivity index (χ0) is 39.5. The minimum Gasteiger partial charge on any atom is -0.466 e. The molecule has 0 spiro atoms. The van der Waals surface area contributed by atoms with Gasteiger partial charge in [0.05, 0.1) is 72.9 Å². The van der Waals surface area contributed by atoms with Crippen LogP contribution in [0.5, 0.6) is 0 Å². The van der Waals surface area contributed by atoms with Crippen LogP contribution < -0.4 is 21.7 Å². The standard InChI is InChI=1S/C20H25ClN2O5.C12H9NS.C5H9Cl2N3O2/c1-4-28-20(25)18-15(11-27-10-9-22)23-12(2)16(19(24)26-3)17(18)13-7-5-6-8-14(13)21;1-3-7-11-9(5-1)13-10-6-2-4-8-12(10)14-11;6-1-3-8-5(11)10(9-12)4-2-7/h5-8,17,23H,4,9-11,22H2,1-3H3;1-8,13H;1-4H2,(H,8,11). The summed E-state index contributed by atoms with van der Waals surface area (Å²) in [7, 11) is 1.29. The highest BCUT2D eigenvalue weighted by Crippen LogP contribution is 2.44. The van der Waals surface area contributed by atoms with Crippen LogP contribution in [0.2, 0.25) is 5.02 Å². The van der Waals surface area contributed by atoms with Crippen molar-refractivity contribution in [2.75, 3.05) is 63.6 Å². The zero-order valence-electron chi connectivity index (χ0n) is 30.0. The first-order chi connectivity index (χ1) is 26.1. The highest BCUT2D eigenvalue weighted by atomic mass is 35.5. The van der Waals surface area contributed by atoms with E-state index in [-0.39, 0.29) is 31.2 Å². The van der Waals surface area contributed by atoms with Crippen molar-refractivity contribution < 1.29 is 28.6 Å². The lowest BCUT2D eigenvalue weighted by molar-refractivity contribution is -0.139. The molecule has 1 atom stereocenters. The SMILES string of the molecule is CCOC(=O)C1=C(COCCN)NC(C)=C(C(=O)OC)C1c1ccccc1Cl.O=NN(CCCl)C(=O)NCCCl.c1ccc2c(c1)Nc1ccccc1S2. The van der Waals surface area contributed by atoms with Gasteiger partial charge in [0.2, 0.25) is 0 Å². The summed E-state index contributed by atoms with van der Waals surface area (Å²) in [5, 5.41) is 12.5. The molecule has 13 nitrogen and oxygen atoms in total. The number of carbonyl (C=O) groups excluding carboxylic acids is 3. The summed E-state index contributed by atoms with van der Waals surface area (Å²) >= 11 is 18.9. The molecule has 0 bridgehead atoms. The molecule has 54 heavy (non-hydrogen) atoms. The maximum Gasteiger partial charge on any atom is 0.340 e. The Morgan fingerprint density at radius 1 is 0.926 bits per heavy atom. The van der Waals surface area contributed by atoms with E-state index in [0.717, 1.165) is 0 Å². The fraction of sp³-hybridized carbons (Fsp3) is 0.324. The number of methoxy groups -OCH3 is 1. The Labute approximate surface area is 333 Å². The van der Waals surface area contributed by atoms with Gasteiger partial charge in [-0.15, -0.1) is 28.1 Å². The zero-order valence-corrected chi connectivity index (χ0v) is 33.1. The largest absolute Gasteiger partial charge is 0.466 e. The molecule has 2 heterocycles. The number of esters is 2. The number of para-hydroxylation sites is 2.